The summed E-state index contributed by atoms with van der Waals surface area (Å²) in [4.78, 5) is 19.3. The van der Waals surface area contributed by atoms with Gasteiger partial charge in [-0.2, -0.15) is 9.57 Å². The predicted molar refractivity (Wildman–Crippen MR) is 152 cm³/mol. The van der Waals surface area contributed by atoms with Gasteiger partial charge in [-0.3, -0.25) is 0 Å². The summed E-state index contributed by atoms with van der Waals surface area (Å²) in [5.41, 5.74) is 0.856. The third kappa shape index (κ3) is 5.41. The third-order valence-electron chi connectivity index (χ3n) is 7.17. The number of ether oxygens (including phenoxy) is 1. The molecule has 0 atom stereocenters. The number of benzene rings is 2. The van der Waals surface area contributed by atoms with Gasteiger partial charge in [-0.25, -0.2) is 22.8 Å². The van der Waals surface area contributed by atoms with Crippen molar-refractivity contribution in [3.05, 3.63) is 68.7 Å². The van der Waals surface area contributed by atoms with E-state index in [0.717, 1.165) is 12.8 Å². The number of fused-ring (bicyclic) bond motifs is 1. The average molecular weight is 623 g/mol. The summed E-state index contributed by atoms with van der Waals surface area (Å²) < 4.78 is 36.5. The lowest BCUT2D eigenvalue weighted by molar-refractivity contribution is 0.154. The number of unbranched alkanes of at least 4 members (excludes halogenated alkanes) is 1. The first-order valence-corrected chi connectivity index (χ1v) is 15.5. The van der Waals surface area contributed by atoms with Gasteiger partial charge in [-0.05, 0) is 49.6 Å². The molecule has 0 bridgehead atoms. The Morgan fingerprint density at radius 2 is 1.85 bits per heavy atom. The Hall–Kier alpha value is -2.81. The number of halogens is 3. The largest absolute Gasteiger partial charge is 0.454 e. The zero-order valence-electron chi connectivity index (χ0n) is 21.6. The summed E-state index contributed by atoms with van der Waals surface area (Å²) in [5, 5.41) is 10.4. The van der Waals surface area contributed by atoms with E-state index < -0.39 is 10.0 Å². The van der Waals surface area contributed by atoms with Crippen LogP contribution >= 0.6 is 34.8 Å². The lowest BCUT2D eigenvalue weighted by atomic mass is 10.1. The van der Waals surface area contributed by atoms with Crippen molar-refractivity contribution in [3.63, 3.8) is 0 Å². The molecule has 1 amide bonds. The number of aryl methyl sites for hydroxylation is 1. The Kier molecular flexibility index (Phi) is 8.32. The molecule has 0 saturated carbocycles. The normalized spacial score (nSPS) is 16.3. The van der Waals surface area contributed by atoms with E-state index in [1.165, 1.54) is 28.6 Å². The van der Waals surface area contributed by atoms with Crippen LogP contribution < -0.4 is 4.74 Å². The zero-order chi connectivity index (χ0) is 28.6. The molecule has 210 valence electrons. The van der Waals surface area contributed by atoms with Gasteiger partial charge >= 0.3 is 6.03 Å². The first kappa shape index (κ1) is 28.7. The maximum Gasteiger partial charge on any atom is 0.330 e. The van der Waals surface area contributed by atoms with Crippen LogP contribution in [0.1, 0.15) is 49.7 Å². The number of imidazole rings is 1. The van der Waals surface area contributed by atoms with Gasteiger partial charge in [0.15, 0.2) is 5.15 Å². The molecule has 1 saturated heterocycles. The topological polar surface area (TPSA) is 109 Å². The van der Waals surface area contributed by atoms with E-state index in [0.29, 0.717) is 47.5 Å². The van der Waals surface area contributed by atoms with E-state index in [1.54, 1.807) is 21.6 Å². The van der Waals surface area contributed by atoms with Gasteiger partial charge in [0.2, 0.25) is 10.0 Å². The van der Waals surface area contributed by atoms with Crippen molar-refractivity contribution in [2.45, 2.75) is 56.5 Å². The van der Waals surface area contributed by atoms with Crippen molar-refractivity contribution in [3.8, 4) is 17.6 Å². The Bertz CT molecular complexity index is 1610. The molecule has 0 unspecified atom stereocenters. The third-order valence-corrected chi connectivity index (χ3v) is 9.94. The number of aromatic nitrogens is 2. The Balaban J connectivity index is 1.34. The van der Waals surface area contributed by atoms with Gasteiger partial charge in [-0.15, -0.1) is 0 Å². The molecule has 2 aliphatic rings. The van der Waals surface area contributed by atoms with Crippen LogP contribution in [0.25, 0.3) is 0 Å². The first-order valence-electron chi connectivity index (χ1n) is 12.9. The second-order valence-electron chi connectivity index (χ2n) is 9.70. The number of carbonyl (C=O) groups excluding carboxylic acids is 1. The van der Waals surface area contributed by atoms with Crippen molar-refractivity contribution >= 4 is 50.9 Å². The number of hydrogen-bond acceptors (Lipinski definition) is 6. The van der Waals surface area contributed by atoms with Gasteiger partial charge < -0.3 is 9.64 Å². The highest BCUT2D eigenvalue weighted by Crippen LogP contribution is 2.38. The van der Waals surface area contributed by atoms with Crippen molar-refractivity contribution in [1.29, 1.82) is 5.26 Å². The number of nitriles is 1. The molecule has 0 aliphatic carbocycles. The summed E-state index contributed by atoms with van der Waals surface area (Å²) in [6.07, 6.45) is 3.43. The molecule has 2 aliphatic heterocycles. The summed E-state index contributed by atoms with van der Waals surface area (Å²) in [7, 11) is -4.05. The summed E-state index contributed by atoms with van der Waals surface area (Å²) in [5.74, 6) is 0.886. The second kappa shape index (κ2) is 11.6. The molecule has 3 aromatic rings. The summed E-state index contributed by atoms with van der Waals surface area (Å²) >= 11 is 18.7. The van der Waals surface area contributed by atoms with Gasteiger partial charge in [-0.1, -0.05) is 48.1 Å². The molecule has 0 radical (unpaired) electrons. The van der Waals surface area contributed by atoms with Crippen LogP contribution in [0.2, 0.25) is 15.2 Å². The fourth-order valence-electron chi connectivity index (χ4n) is 5.05. The molecule has 1 aromatic heterocycles. The summed E-state index contributed by atoms with van der Waals surface area (Å²) in [6, 6.07) is 10.5. The number of sulfonamides is 1. The first-order chi connectivity index (χ1) is 19.1. The molecule has 9 nitrogen and oxygen atoms in total. The lowest BCUT2D eigenvalue weighted by Crippen LogP contribution is -2.47. The molecule has 13 heteroatoms. The minimum absolute atomic E-state index is 0.0288. The number of nitrogens with zero attached hydrogens (tertiary/aromatic N) is 5. The highest BCUT2D eigenvalue weighted by atomic mass is 35.5. The van der Waals surface area contributed by atoms with Gasteiger partial charge in [0, 0.05) is 36.6 Å². The molecule has 3 heterocycles. The van der Waals surface area contributed by atoms with Crippen molar-refractivity contribution < 1.29 is 17.9 Å². The van der Waals surface area contributed by atoms with Gasteiger partial charge in [0.05, 0.1) is 28.9 Å². The standard InChI is InChI=1S/C27H26Cl3N5O4S/c1-2-3-4-25-32-26(30)21-16-34(27(36)35(21)25)19-9-11-33(12-10-19)40(37,38)24-13-17(15-31)5-8-22(24)39-23-14-18(28)6-7-20(23)29/h5-8,13-14,19H,2-4,9-12,16H2,1H3. The minimum atomic E-state index is -4.05. The van der Waals surface area contributed by atoms with Crippen LogP contribution in [0.4, 0.5) is 4.79 Å². The lowest BCUT2D eigenvalue weighted by Gasteiger charge is -2.35. The SMILES string of the molecule is CCCCc1nc(Cl)c2n1C(=O)N(C1CCN(S(=O)(=O)c3cc(C#N)ccc3Oc3cc(Cl)ccc3Cl)CC1)C2. The number of amides is 1. The molecular weight excluding hydrogens is 597 g/mol. The van der Waals surface area contributed by atoms with Crippen LogP contribution in [0.3, 0.4) is 0 Å². The fourth-order valence-corrected chi connectivity index (χ4v) is 7.22. The average Bonchev–Trinajstić information content (AvgIpc) is 3.46. The van der Waals surface area contributed by atoms with Crippen LogP contribution in [0, 0.1) is 11.3 Å². The molecule has 5 rings (SSSR count). The Morgan fingerprint density at radius 3 is 2.55 bits per heavy atom. The molecule has 0 N–H and O–H groups in total. The molecular formula is C27H26Cl3N5O4S. The molecule has 1 fully saturated rings. The van der Waals surface area contributed by atoms with Crippen LogP contribution in [-0.4, -0.2) is 52.3 Å². The van der Waals surface area contributed by atoms with E-state index in [4.69, 9.17) is 39.5 Å². The van der Waals surface area contributed by atoms with Crippen molar-refractivity contribution in [2.24, 2.45) is 0 Å². The van der Waals surface area contributed by atoms with E-state index in [-0.39, 0.29) is 52.1 Å². The van der Waals surface area contributed by atoms with Gasteiger partial charge in [0.1, 0.15) is 22.2 Å². The summed E-state index contributed by atoms with van der Waals surface area (Å²) in [6.45, 7) is 2.79. The van der Waals surface area contributed by atoms with Crippen LogP contribution in [-0.2, 0) is 23.0 Å². The van der Waals surface area contributed by atoms with Crippen LogP contribution in [0.5, 0.6) is 11.5 Å². The highest BCUT2D eigenvalue weighted by Gasteiger charge is 2.40. The molecule has 0 spiro atoms. The minimum Gasteiger partial charge on any atom is -0.454 e. The van der Waals surface area contributed by atoms with Crippen molar-refractivity contribution in [2.75, 3.05) is 13.1 Å². The number of hydrogen-bond donors (Lipinski definition) is 0. The maximum atomic E-state index is 13.8. The second-order valence-corrected chi connectivity index (χ2v) is 12.8. The van der Waals surface area contributed by atoms with Crippen molar-refractivity contribution in [1.82, 2.24) is 18.8 Å². The van der Waals surface area contributed by atoms with E-state index in [2.05, 4.69) is 11.9 Å². The van der Waals surface area contributed by atoms with E-state index in [9.17, 15) is 18.5 Å². The smallest absolute Gasteiger partial charge is 0.330 e. The number of rotatable bonds is 8. The van der Waals surface area contributed by atoms with Gasteiger partial charge in [0.25, 0.3) is 0 Å². The van der Waals surface area contributed by atoms with Crippen LogP contribution in [0.15, 0.2) is 41.3 Å². The monoisotopic (exact) mass is 621 g/mol. The Labute approximate surface area is 247 Å². The number of piperidine rings is 1. The maximum absolute atomic E-state index is 13.8. The van der Waals surface area contributed by atoms with E-state index >= 15 is 0 Å². The highest BCUT2D eigenvalue weighted by molar-refractivity contribution is 7.89. The fraction of sp³-hybridized carbons (Fsp3) is 0.370. The quantitative estimate of drug-likeness (QED) is 0.284. The predicted octanol–water partition coefficient (Wildman–Crippen LogP) is 6.49. The molecule has 2 aromatic carbocycles. The zero-order valence-corrected chi connectivity index (χ0v) is 24.7. The molecule has 40 heavy (non-hydrogen) atoms. The van der Waals surface area contributed by atoms with E-state index in [1.807, 2.05) is 6.07 Å². The Morgan fingerprint density at radius 1 is 1.10 bits per heavy atom. The number of carbonyl (C=O) groups is 1.